The van der Waals surface area contributed by atoms with Gasteiger partial charge in [-0.05, 0) is 36.1 Å². The highest BCUT2D eigenvalue weighted by Gasteiger charge is 2.24. The monoisotopic (exact) mass is 241 g/mol. The highest BCUT2D eigenvalue weighted by Crippen LogP contribution is 2.30. The number of hydrogen-bond donors (Lipinski definition) is 2. The molecule has 0 aromatic heterocycles. The zero-order valence-electron chi connectivity index (χ0n) is 7.20. The number of halogens is 1. The topological polar surface area (TPSA) is 46.2 Å². The summed E-state index contributed by atoms with van der Waals surface area (Å²) in [6, 6.07) is 5.87. The lowest BCUT2D eigenvalue weighted by Crippen LogP contribution is -2.31. The van der Waals surface area contributed by atoms with Crippen LogP contribution in [0.5, 0.6) is 0 Å². The smallest absolute Gasteiger partial charge is 0.0736 e. The first-order chi connectivity index (χ1) is 6.18. The molecule has 0 bridgehead atoms. The van der Waals surface area contributed by atoms with E-state index in [-0.39, 0.29) is 12.1 Å². The molecule has 0 fully saturated rings. The maximum atomic E-state index is 9.58. The Balaban J connectivity index is 2.45. The molecule has 3 N–H and O–H groups in total. The van der Waals surface area contributed by atoms with Gasteiger partial charge in [0.05, 0.1) is 12.1 Å². The minimum Gasteiger partial charge on any atom is -0.391 e. The van der Waals surface area contributed by atoms with Crippen LogP contribution in [-0.4, -0.2) is 11.2 Å². The van der Waals surface area contributed by atoms with Crippen molar-refractivity contribution in [2.24, 2.45) is 5.73 Å². The second-order valence-corrected chi connectivity index (χ2v) is 4.39. The van der Waals surface area contributed by atoms with Crippen LogP contribution in [0, 0.1) is 0 Å². The highest BCUT2D eigenvalue weighted by atomic mass is 79.9. The van der Waals surface area contributed by atoms with Crippen molar-refractivity contribution in [1.82, 2.24) is 0 Å². The summed E-state index contributed by atoms with van der Waals surface area (Å²) in [6.07, 6.45) is 1.31. The van der Waals surface area contributed by atoms with Crippen molar-refractivity contribution in [3.63, 3.8) is 0 Å². The van der Waals surface area contributed by atoms with Gasteiger partial charge >= 0.3 is 0 Å². The third kappa shape index (κ3) is 1.64. The van der Waals surface area contributed by atoms with Gasteiger partial charge in [-0.15, -0.1) is 0 Å². The van der Waals surface area contributed by atoms with Gasteiger partial charge in [0.15, 0.2) is 0 Å². The number of hydrogen-bond acceptors (Lipinski definition) is 2. The number of benzene rings is 1. The standard InChI is InChI=1S/C10H12BrNO/c11-7-3-1-6-2-4-9(13)10(12)8(6)5-7/h1,3,5,9-10,13H,2,4,12H2/t9-,10+/m1/s1. The predicted molar refractivity (Wildman–Crippen MR) is 55.4 cm³/mol. The molecular formula is C10H12BrNO. The molecule has 0 amide bonds. The Labute approximate surface area is 85.9 Å². The Morgan fingerprint density at radius 1 is 1.46 bits per heavy atom. The molecule has 2 nitrogen and oxygen atoms in total. The van der Waals surface area contributed by atoms with Crippen molar-refractivity contribution < 1.29 is 5.11 Å². The van der Waals surface area contributed by atoms with Crippen molar-refractivity contribution in [1.29, 1.82) is 0 Å². The Morgan fingerprint density at radius 2 is 2.23 bits per heavy atom. The van der Waals surface area contributed by atoms with Crippen molar-refractivity contribution in [2.45, 2.75) is 25.0 Å². The molecule has 1 aromatic carbocycles. The molecule has 2 rings (SSSR count). The average Bonchev–Trinajstić information content (AvgIpc) is 2.12. The Bertz CT molecular complexity index is 327. The molecule has 13 heavy (non-hydrogen) atoms. The molecule has 3 heteroatoms. The molecule has 1 aliphatic rings. The number of fused-ring (bicyclic) bond motifs is 1. The van der Waals surface area contributed by atoms with Crippen LogP contribution in [-0.2, 0) is 6.42 Å². The fourth-order valence-electron chi connectivity index (χ4n) is 1.79. The minimum absolute atomic E-state index is 0.221. The first kappa shape index (κ1) is 9.19. The molecule has 70 valence electrons. The van der Waals surface area contributed by atoms with E-state index in [1.165, 1.54) is 5.56 Å². The molecule has 0 unspecified atom stereocenters. The fraction of sp³-hybridized carbons (Fsp3) is 0.400. The summed E-state index contributed by atoms with van der Waals surface area (Å²) >= 11 is 3.40. The fourth-order valence-corrected chi connectivity index (χ4v) is 2.17. The molecule has 0 spiro atoms. The summed E-state index contributed by atoms with van der Waals surface area (Å²) in [5, 5.41) is 9.58. The van der Waals surface area contributed by atoms with Crippen LogP contribution in [0.1, 0.15) is 23.6 Å². The molecule has 0 saturated heterocycles. The van der Waals surface area contributed by atoms with Crippen LogP contribution in [0.25, 0.3) is 0 Å². The molecule has 0 heterocycles. The van der Waals surface area contributed by atoms with E-state index in [0.29, 0.717) is 0 Å². The Hall–Kier alpha value is -0.380. The van der Waals surface area contributed by atoms with Crippen molar-refractivity contribution >= 4 is 15.9 Å². The van der Waals surface area contributed by atoms with E-state index in [0.717, 1.165) is 22.9 Å². The van der Waals surface area contributed by atoms with Gasteiger partial charge in [0.2, 0.25) is 0 Å². The lowest BCUT2D eigenvalue weighted by molar-refractivity contribution is 0.128. The predicted octanol–water partition coefficient (Wildman–Crippen LogP) is 1.76. The van der Waals surface area contributed by atoms with Crippen LogP contribution in [0.4, 0.5) is 0 Å². The van der Waals surface area contributed by atoms with E-state index in [1.54, 1.807) is 0 Å². The first-order valence-electron chi connectivity index (χ1n) is 4.40. The van der Waals surface area contributed by atoms with E-state index >= 15 is 0 Å². The maximum Gasteiger partial charge on any atom is 0.0736 e. The second kappa shape index (κ2) is 3.40. The van der Waals surface area contributed by atoms with Gasteiger partial charge in [-0.25, -0.2) is 0 Å². The van der Waals surface area contributed by atoms with Crippen molar-refractivity contribution in [2.75, 3.05) is 0 Å². The molecular weight excluding hydrogens is 230 g/mol. The summed E-state index contributed by atoms with van der Waals surface area (Å²) in [6.45, 7) is 0. The molecule has 2 atom stereocenters. The van der Waals surface area contributed by atoms with Crippen LogP contribution >= 0.6 is 15.9 Å². The van der Waals surface area contributed by atoms with Gasteiger partial charge in [0.1, 0.15) is 0 Å². The number of aliphatic hydroxyl groups is 1. The molecule has 1 aromatic rings. The highest BCUT2D eigenvalue weighted by molar-refractivity contribution is 9.10. The van der Waals surface area contributed by atoms with E-state index < -0.39 is 0 Å². The zero-order valence-corrected chi connectivity index (χ0v) is 8.79. The van der Waals surface area contributed by atoms with Crippen LogP contribution in [0.3, 0.4) is 0 Å². The van der Waals surface area contributed by atoms with Crippen LogP contribution < -0.4 is 5.73 Å². The van der Waals surface area contributed by atoms with Crippen LogP contribution in [0.15, 0.2) is 22.7 Å². The number of aryl methyl sites for hydroxylation is 1. The van der Waals surface area contributed by atoms with Gasteiger partial charge < -0.3 is 10.8 Å². The largest absolute Gasteiger partial charge is 0.391 e. The first-order valence-corrected chi connectivity index (χ1v) is 5.20. The quantitative estimate of drug-likeness (QED) is 0.728. The van der Waals surface area contributed by atoms with E-state index in [1.807, 2.05) is 12.1 Å². The summed E-state index contributed by atoms with van der Waals surface area (Å²) in [7, 11) is 0. The SMILES string of the molecule is N[C@H]1c2cc(Br)ccc2CC[C@H]1O. The molecule has 1 aliphatic carbocycles. The van der Waals surface area contributed by atoms with Gasteiger partial charge in [0, 0.05) is 4.47 Å². The minimum atomic E-state index is -0.387. The maximum absolute atomic E-state index is 9.58. The van der Waals surface area contributed by atoms with Gasteiger partial charge in [0.25, 0.3) is 0 Å². The third-order valence-electron chi connectivity index (χ3n) is 2.59. The van der Waals surface area contributed by atoms with Gasteiger partial charge in [-0.3, -0.25) is 0 Å². The van der Waals surface area contributed by atoms with Gasteiger partial charge in [-0.2, -0.15) is 0 Å². The van der Waals surface area contributed by atoms with E-state index in [2.05, 4.69) is 22.0 Å². The van der Waals surface area contributed by atoms with E-state index in [4.69, 9.17) is 5.73 Å². The summed E-state index contributed by atoms with van der Waals surface area (Å²) in [5.41, 5.74) is 8.23. The average molecular weight is 242 g/mol. The van der Waals surface area contributed by atoms with Gasteiger partial charge in [-0.1, -0.05) is 22.0 Å². The lowest BCUT2D eigenvalue weighted by Gasteiger charge is -2.27. The number of nitrogens with two attached hydrogens (primary N) is 1. The molecule has 0 saturated carbocycles. The number of aliphatic hydroxyl groups excluding tert-OH is 1. The summed E-state index contributed by atoms with van der Waals surface area (Å²) in [4.78, 5) is 0. The van der Waals surface area contributed by atoms with Crippen LogP contribution in [0.2, 0.25) is 0 Å². The Kier molecular flexibility index (Phi) is 2.41. The van der Waals surface area contributed by atoms with Crippen molar-refractivity contribution in [3.05, 3.63) is 33.8 Å². The second-order valence-electron chi connectivity index (χ2n) is 3.47. The normalized spacial score (nSPS) is 27.0. The molecule has 0 radical (unpaired) electrons. The van der Waals surface area contributed by atoms with Crippen molar-refractivity contribution in [3.8, 4) is 0 Å². The summed E-state index contributed by atoms with van der Waals surface area (Å²) in [5.74, 6) is 0. The number of rotatable bonds is 0. The summed E-state index contributed by atoms with van der Waals surface area (Å²) < 4.78 is 1.02. The lowest BCUT2D eigenvalue weighted by atomic mass is 9.86. The third-order valence-corrected chi connectivity index (χ3v) is 3.08. The zero-order chi connectivity index (χ0) is 9.42. The Morgan fingerprint density at radius 3 is 3.00 bits per heavy atom. The van der Waals surface area contributed by atoms with E-state index in [9.17, 15) is 5.11 Å². The molecule has 0 aliphatic heterocycles.